The molecular weight excluding hydrogens is 739 g/mol. The molecule has 0 aliphatic rings. The summed E-state index contributed by atoms with van der Waals surface area (Å²) in [6.07, 6.45) is 0. The van der Waals surface area contributed by atoms with E-state index < -0.39 is 0 Å². The quantitative estimate of drug-likeness (QED) is 0.174. The molecule has 0 unspecified atom stereocenters. The van der Waals surface area contributed by atoms with Gasteiger partial charge in [0.05, 0.1) is 0 Å². The van der Waals surface area contributed by atoms with Crippen molar-refractivity contribution in [1.82, 2.24) is 24.9 Å². The first-order chi connectivity index (χ1) is 28.2. The smallest absolute Gasteiger partial charge is 0.180 e. The molecule has 0 aliphatic carbocycles. The van der Waals surface area contributed by atoms with E-state index in [0.717, 1.165) is 70.2 Å². The minimum Gasteiger partial charge on any atom is -0.452 e. The van der Waals surface area contributed by atoms with E-state index in [-0.39, 0.29) is 0 Å². The van der Waals surface area contributed by atoms with E-state index in [9.17, 15) is 0 Å². The Morgan fingerprint density at radius 2 is 0.982 bits per heavy atom. The Labute approximate surface area is 333 Å². The standard InChI is InChI=1S/C49H27N5OS2/c1-3-12-28(13-4-1)46-52-47(29-14-5-2-6-15-29)54-49(53-46)35-18-11-21-40-42(35)36-26-31(23-25-39(36)56-40)48-50-43(45-44(51-48)34-17-7-9-19-37(34)55-45)30-22-24-33-32-16-8-10-20-38(32)57-41(33)27-30/h1-27H. The lowest BCUT2D eigenvalue weighted by atomic mass is 10.0. The van der Waals surface area contributed by atoms with E-state index in [4.69, 9.17) is 29.3 Å². The second-order valence-corrected chi connectivity index (χ2v) is 16.2. The number of thiophene rings is 2. The van der Waals surface area contributed by atoms with Crippen molar-refractivity contribution in [2.75, 3.05) is 0 Å². The van der Waals surface area contributed by atoms with Crippen molar-refractivity contribution < 1.29 is 4.42 Å². The topological polar surface area (TPSA) is 77.6 Å². The highest BCUT2D eigenvalue weighted by atomic mass is 32.1. The van der Waals surface area contributed by atoms with Gasteiger partial charge in [-0.1, -0.05) is 115 Å². The van der Waals surface area contributed by atoms with Crippen LogP contribution in [0.15, 0.2) is 168 Å². The Morgan fingerprint density at radius 3 is 1.79 bits per heavy atom. The molecule has 0 atom stereocenters. The Balaban J connectivity index is 1.07. The molecule has 0 aliphatic heterocycles. The van der Waals surface area contributed by atoms with Crippen LogP contribution in [0.1, 0.15) is 0 Å². The van der Waals surface area contributed by atoms with E-state index in [0.29, 0.717) is 28.9 Å². The lowest BCUT2D eigenvalue weighted by Crippen LogP contribution is -2.00. The number of furan rings is 1. The summed E-state index contributed by atoms with van der Waals surface area (Å²) in [5.74, 6) is 2.52. The molecule has 266 valence electrons. The molecule has 5 heterocycles. The van der Waals surface area contributed by atoms with Gasteiger partial charge in [0.1, 0.15) is 16.8 Å². The van der Waals surface area contributed by atoms with Crippen LogP contribution in [0, 0.1) is 0 Å². The molecule has 0 bridgehead atoms. The first kappa shape index (κ1) is 32.1. The zero-order valence-corrected chi connectivity index (χ0v) is 31.7. The molecule has 57 heavy (non-hydrogen) atoms. The van der Waals surface area contributed by atoms with Crippen molar-refractivity contribution in [3.8, 4) is 56.8 Å². The molecule has 0 N–H and O–H groups in total. The predicted molar refractivity (Wildman–Crippen MR) is 236 cm³/mol. The van der Waals surface area contributed by atoms with Crippen LogP contribution in [0.4, 0.5) is 0 Å². The molecule has 7 aromatic carbocycles. The molecule has 12 rings (SSSR count). The first-order valence-corrected chi connectivity index (χ1v) is 20.3. The van der Waals surface area contributed by atoms with Crippen molar-refractivity contribution in [3.05, 3.63) is 164 Å². The maximum atomic E-state index is 6.52. The minimum absolute atomic E-state index is 0.625. The fourth-order valence-corrected chi connectivity index (χ4v) is 10.1. The van der Waals surface area contributed by atoms with Gasteiger partial charge in [0, 0.05) is 73.5 Å². The van der Waals surface area contributed by atoms with Crippen LogP contribution in [0.2, 0.25) is 0 Å². The predicted octanol–water partition coefficient (Wildman–Crippen LogP) is 13.6. The van der Waals surface area contributed by atoms with Gasteiger partial charge in [-0.15, -0.1) is 22.7 Å². The number of hydrogen-bond acceptors (Lipinski definition) is 8. The molecule has 5 aromatic heterocycles. The third kappa shape index (κ3) is 5.26. The minimum atomic E-state index is 0.625. The first-order valence-electron chi connectivity index (χ1n) is 18.7. The second-order valence-electron chi connectivity index (χ2n) is 14.0. The highest BCUT2D eigenvalue weighted by Crippen LogP contribution is 2.43. The van der Waals surface area contributed by atoms with Crippen LogP contribution in [-0.2, 0) is 0 Å². The molecule has 0 fully saturated rings. The van der Waals surface area contributed by atoms with E-state index in [2.05, 4.69) is 84.9 Å². The van der Waals surface area contributed by atoms with Gasteiger partial charge >= 0.3 is 0 Å². The summed E-state index contributed by atoms with van der Waals surface area (Å²) < 4.78 is 11.3. The van der Waals surface area contributed by atoms with Crippen molar-refractivity contribution in [3.63, 3.8) is 0 Å². The van der Waals surface area contributed by atoms with Gasteiger partial charge in [0.2, 0.25) is 0 Å². The van der Waals surface area contributed by atoms with Crippen LogP contribution in [0.25, 0.3) is 119 Å². The largest absolute Gasteiger partial charge is 0.452 e. The highest BCUT2D eigenvalue weighted by molar-refractivity contribution is 7.26. The van der Waals surface area contributed by atoms with Crippen LogP contribution >= 0.6 is 22.7 Å². The third-order valence-electron chi connectivity index (χ3n) is 10.6. The van der Waals surface area contributed by atoms with Crippen molar-refractivity contribution in [2.24, 2.45) is 0 Å². The number of nitrogens with zero attached hydrogens (tertiary/aromatic N) is 5. The number of hydrogen-bond donors (Lipinski definition) is 0. The normalized spacial score (nSPS) is 11.9. The third-order valence-corrected chi connectivity index (χ3v) is 12.8. The van der Waals surface area contributed by atoms with Crippen molar-refractivity contribution in [2.45, 2.75) is 0 Å². The molecule has 8 heteroatoms. The van der Waals surface area contributed by atoms with E-state index in [1.807, 2.05) is 78.9 Å². The van der Waals surface area contributed by atoms with E-state index in [1.165, 1.54) is 20.2 Å². The van der Waals surface area contributed by atoms with Crippen LogP contribution < -0.4 is 0 Å². The maximum absolute atomic E-state index is 6.52. The van der Waals surface area contributed by atoms with Gasteiger partial charge in [0.25, 0.3) is 0 Å². The van der Waals surface area contributed by atoms with Crippen molar-refractivity contribution in [1.29, 1.82) is 0 Å². The van der Waals surface area contributed by atoms with Gasteiger partial charge in [-0.2, -0.15) is 0 Å². The number of rotatable bonds is 5. The highest BCUT2D eigenvalue weighted by Gasteiger charge is 2.21. The molecule has 0 saturated carbocycles. The molecule has 0 saturated heterocycles. The maximum Gasteiger partial charge on any atom is 0.180 e. The van der Waals surface area contributed by atoms with Crippen molar-refractivity contribution >= 4 is 85.1 Å². The Kier molecular flexibility index (Phi) is 7.17. The zero-order valence-electron chi connectivity index (χ0n) is 30.0. The summed E-state index contributed by atoms with van der Waals surface area (Å²) in [5, 5.41) is 5.66. The summed E-state index contributed by atoms with van der Waals surface area (Å²) in [4.78, 5) is 25.7. The Hall–Kier alpha value is -7.13. The molecular formula is C49H27N5OS2. The molecule has 0 spiro atoms. The van der Waals surface area contributed by atoms with E-state index in [1.54, 1.807) is 22.7 Å². The fraction of sp³-hybridized carbons (Fsp3) is 0. The average molecular weight is 766 g/mol. The van der Waals surface area contributed by atoms with Crippen LogP contribution in [0.3, 0.4) is 0 Å². The fourth-order valence-electron chi connectivity index (χ4n) is 7.87. The lowest BCUT2D eigenvalue weighted by molar-refractivity contribution is 0.667. The summed E-state index contributed by atoms with van der Waals surface area (Å²) in [6, 6.07) is 56.3. The molecule has 6 nitrogen and oxygen atoms in total. The van der Waals surface area contributed by atoms with Gasteiger partial charge in [-0.25, -0.2) is 24.9 Å². The second kappa shape index (κ2) is 12.7. The molecule has 0 amide bonds. The van der Waals surface area contributed by atoms with Gasteiger partial charge in [-0.3, -0.25) is 0 Å². The number of benzene rings is 7. The van der Waals surface area contributed by atoms with Gasteiger partial charge in [0.15, 0.2) is 28.9 Å². The zero-order chi connectivity index (χ0) is 37.5. The summed E-state index contributed by atoms with van der Waals surface area (Å²) in [5.41, 5.74) is 7.76. The van der Waals surface area contributed by atoms with E-state index >= 15 is 0 Å². The summed E-state index contributed by atoms with van der Waals surface area (Å²) >= 11 is 3.55. The Morgan fingerprint density at radius 1 is 0.368 bits per heavy atom. The summed E-state index contributed by atoms with van der Waals surface area (Å²) in [7, 11) is 0. The monoisotopic (exact) mass is 765 g/mol. The van der Waals surface area contributed by atoms with Gasteiger partial charge < -0.3 is 4.42 Å². The van der Waals surface area contributed by atoms with Crippen LogP contribution in [-0.4, -0.2) is 24.9 Å². The average Bonchev–Trinajstić information content (AvgIpc) is 3.97. The molecule has 12 aromatic rings. The lowest BCUT2D eigenvalue weighted by Gasteiger charge is -2.10. The summed E-state index contributed by atoms with van der Waals surface area (Å²) in [6.45, 7) is 0. The number of aromatic nitrogens is 5. The SMILES string of the molecule is c1ccc(-c2nc(-c3ccccc3)nc(-c3cccc4sc5ccc(-c6nc(-c7ccc8c(c7)sc7ccccc78)c7oc8ccccc8c7n6)cc5c34)n2)cc1. The van der Waals surface area contributed by atoms with Gasteiger partial charge in [-0.05, 0) is 48.5 Å². The Bertz CT molecular complexity index is 3480. The number of fused-ring (bicyclic) bond motifs is 9. The number of para-hydroxylation sites is 1. The molecule has 0 radical (unpaired) electrons. The van der Waals surface area contributed by atoms with Crippen LogP contribution in [0.5, 0.6) is 0 Å².